The van der Waals surface area contributed by atoms with Gasteiger partial charge in [-0.25, -0.2) is 0 Å². The van der Waals surface area contributed by atoms with Gasteiger partial charge in [0, 0.05) is 31.2 Å². The van der Waals surface area contributed by atoms with E-state index in [2.05, 4.69) is 19.0 Å². The van der Waals surface area contributed by atoms with Crippen molar-refractivity contribution in [3.8, 4) is 0 Å². The maximum Gasteiger partial charge on any atom is 0.253 e. The molecule has 1 amide bonds. The summed E-state index contributed by atoms with van der Waals surface area (Å²) in [5, 5.41) is 0. The van der Waals surface area contributed by atoms with Crippen LogP contribution < -0.4 is 5.73 Å². The molecule has 4 heteroatoms. The highest BCUT2D eigenvalue weighted by Crippen LogP contribution is 2.36. The molecule has 0 radical (unpaired) electrons. The molecule has 1 aliphatic rings. The Balaban J connectivity index is 2.04. The summed E-state index contributed by atoms with van der Waals surface area (Å²) < 4.78 is 0. The molecule has 1 aromatic rings. The molecular weight excluding hydrogens is 250 g/mol. The van der Waals surface area contributed by atoms with Crippen LogP contribution in [0, 0.1) is 0 Å². The number of carbonyl (C=O) groups is 1. The summed E-state index contributed by atoms with van der Waals surface area (Å²) in [6, 6.07) is 7.58. The second-order valence-corrected chi connectivity index (χ2v) is 6.03. The third kappa shape index (κ3) is 2.86. The Morgan fingerprint density at radius 2 is 1.80 bits per heavy atom. The molecule has 0 bridgehead atoms. The predicted molar refractivity (Wildman–Crippen MR) is 81.6 cm³/mol. The molecule has 4 nitrogen and oxygen atoms in total. The van der Waals surface area contributed by atoms with Crippen LogP contribution in [0.3, 0.4) is 0 Å². The number of hydrogen-bond donors (Lipinski definition) is 1. The van der Waals surface area contributed by atoms with Gasteiger partial charge in [0.05, 0.1) is 0 Å². The molecule has 1 aliphatic carbocycles. The minimum Gasteiger partial charge on any atom is -0.340 e. The van der Waals surface area contributed by atoms with E-state index in [4.69, 9.17) is 5.73 Å². The molecule has 0 saturated heterocycles. The van der Waals surface area contributed by atoms with Crippen LogP contribution in [0.5, 0.6) is 0 Å². The van der Waals surface area contributed by atoms with Crippen molar-refractivity contribution in [1.82, 2.24) is 9.80 Å². The number of benzene rings is 1. The van der Waals surface area contributed by atoms with Crippen molar-refractivity contribution in [2.75, 3.05) is 27.7 Å². The van der Waals surface area contributed by atoms with Crippen LogP contribution in [0.2, 0.25) is 0 Å². The zero-order chi connectivity index (χ0) is 14.8. The standard InChI is InChI=1S/C16H25N3O/c1-18(2)16(9-4-10-16)12-19(3)15(20)14-7-5-13(11-17)6-8-14/h5-8H,4,9-12,17H2,1-3H3. The Labute approximate surface area is 121 Å². The van der Waals surface area contributed by atoms with Crippen molar-refractivity contribution >= 4 is 5.91 Å². The molecule has 2 rings (SSSR count). The van der Waals surface area contributed by atoms with Crippen molar-refractivity contribution in [3.05, 3.63) is 35.4 Å². The predicted octanol–water partition coefficient (Wildman–Crippen LogP) is 1.70. The maximum absolute atomic E-state index is 12.5. The van der Waals surface area contributed by atoms with E-state index in [0.29, 0.717) is 6.54 Å². The first-order valence-electron chi connectivity index (χ1n) is 7.20. The van der Waals surface area contributed by atoms with Crippen molar-refractivity contribution in [3.63, 3.8) is 0 Å². The highest BCUT2D eigenvalue weighted by Gasteiger charge is 2.40. The van der Waals surface area contributed by atoms with Crippen LogP contribution in [-0.4, -0.2) is 48.9 Å². The number of nitrogens with two attached hydrogens (primary N) is 1. The topological polar surface area (TPSA) is 49.6 Å². The molecule has 0 spiro atoms. The second kappa shape index (κ2) is 5.94. The first-order valence-corrected chi connectivity index (χ1v) is 7.20. The van der Waals surface area contributed by atoms with Gasteiger partial charge in [-0.3, -0.25) is 4.79 Å². The first-order chi connectivity index (χ1) is 9.48. The Bertz CT molecular complexity index is 463. The summed E-state index contributed by atoms with van der Waals surface area (Å²) >= 11 is 0. The normalized spacial score (nSPS) is 16.9. The summed E-state index contributed by atoms with van der Waals surface area (Å²) in [6.45, 7) is 1.30. The largest absolute Gasteiger partial charge is 0.340 e. The van der Waals surface area contributed by atoms with Gasteiger partial charge >= 0.3 is 0 Å². The SMILES string of the molecule is CN(CC1(N(C)C)CCC1)C(=O)c1ccc(CN)cc1. The van der Waals surface area contributed by atoms with E-state index in [1.807, 2.05) is 36.2 Å². The lowest BCUT2D eigenvalue weighted by molar-refractivity contribution is 0.0252. The average Bonchev–Trinajstić information content (AvgIpc) is 2.41. The van der Waals surface area contributed by atoms with Gasteiger partial charge in [0.1, 0.15) is 0 Å². The molecule has 1 saturated carbocycles. The lowest BCUT2D eigenvalue weighted by atomic mass is 9.75. The number of amides is 1. The van der Waals surface area contributed by atoms with Gasteiger partial charge in [-0.15, -0.1) is 0 Å². The monoisotopic (exact) mass is 275 g/mol. The van der Waals surface area contributed by atoms with Crippen LogP contribution in [0.15, 0.2) is 24.3 Å². The number of carbonyl (C=O) groups excluding carboxylic acids is 1. The third-order valence-corrected chi connectivity index (χ3v) is 4.55. The Kier molecular flexibility index (Phi) is 4.45. The Morgan fingerprint density at radius 1 is 1.20 bits per heavy atom. The molecule has 0 heterocycles. The van der Waals surface area contributed by atoms with Crippen LogP contribution in [0.1, 0.15) is 35.2 Å². The van der Waals surface area contributed by atoms with Gasteiger partial charge in [-0.1, -0.05) is 12.1 Å². The molecular formula is C16H25N3O. The minimum atomic E-state index is 0.0849. The zero-order valence-electron chi connectivity index (χ0n) is 12.7. The van der Waals surface area contributed by atoms with Gasteiger partial charge in [0.2, 0.25) is 0 Å². The van der Waals surface area contributed by atoms with Gasteiger partial charge < -0.3 is 15.5 Å². The lowest BCUT2D eigenvalue weighted by Gasteiger charge is -2.49. The molecule has 110 valence electrons. The molecule has 0 aromatic heterocycles. The highest BCUT2D eigenvalue weighted by atomic mass is 16.2. The number of likely N-dealkylation sites (N-methyl/N-ethyl adjacent to an activating group) is 2. The van der Waals surface area contributed by atoms with E-state index in [0.717, 1.165) is 17.7 Å². The van der Waals surface area contributed by atoms with Crippen LogP contribution in [0.25, 0.3) is 0 Å². The number of rotatable bonds is 5. The van der Waals surface area contributed by atoms with E-state index >= 15 is 0 Å². The Hall–Kier alpha value is -1.39. The molecule has 1 fully saturated rings. The summed E-state index contributed by atoms with van der Waals surface area (Å²) in [7, 11) is 6.10. The van der Waals surface area contributed by atoms with Crippen LogP contribution in [0.4, 0.5) is 0 Å². The van der Waals surface area contributed by atoms with E-state index in [1.165, 1.54) is 19.3 Å². The van der Waals surface area contributed by atoms with Crippen LogP contribution >= 0.6 is 0 Å². The molecule has 0 unspecified atom stereocenters. The molecule has 0 aliphatic heterocycles. The van der Waals surface area contributed by atoms with Crippen molar-refractivity contribution in [2.24, 2.45) is 5.73 Å². The van der Waals surface area contributed by atoms with Crippen molar-refractivity contribution in [1.29, 1.82) is 0 Å². The van der Waals surface area contributed by atoms with Gasteiger partial charge in [0.25, 0.3) is 5.91 Å². The van der Waals surface area contributed by atoms with E-state index in [-0.39, 0.29) is 11.4 Å². The maximum atomic E-state index is 12.5. The quantitative estimate of drug-likeness (QED) is 0.890. The number of nitrogens with zero attached hydrogens (tertiary/aromatic N) is 2. The first kappa shape index (κ1) is 15.0. The molecule has 20 heavy (non-hydrogen) atoms. The fraction of sp³-hybridized carbons (Fsp3) is 0.562. The molecule has 0 atom stereocenters. The average molecular weight is 275 g/mol. The number of hydrogen-bond acceptors (Lipinski definition) is 3. The molecule has 2 N–H and O–H groups in total. The van der Waals surface area contributed by atoms with Crippen molar-refractivity contribution in [2.45, 2.75) is 31.3 Å². The van der Waals surface area contributed by atoms with Gasteiger partial charge in [0.15, 0.2) is 0 Å². The highest BCUT2D eigenvalue weighted by molar-refractivity contribution is 5.94. The fourth-order valence-electron chi connectivity index (χ4n) is 2.85. The fourth-order valence-corrected chi connectivity index (χ4v) is 2.85. The smallest absolute Gasteiger partial charge is 0.253 e. The van der Waals surface area contributed by atoms with Crippen LogP contribution in [-0.2, 0) is 6.54 Å². The Morgan fingerprint density at radius 3 is 2.20 bits per heavy atom. The summed E-state index contributed by atoms with van der Waals surface area (Å²) in [5.74, 6) is 0.0849. The van der Waals surface area contributed by atoms with Crippen molar-refractivity contribution < 1.29 is 4.79 Å². The minimum absolute atomic E-state index is 0.0849. The lowest BCUT2D eigenvalue weighted by Crippen LogP contribution is -2.57. The van der Waals surface area contributed by atoms with Gasteiger partial charge in [-0.2, -0.15) is 0 Å². The second-order valence-electron chi connectivity index (χ2n) is 6.03. The summed E-state index contributed by atoms with van der Waals surface area (Å²) in [5.41, 5.74) is 7.53. The summed E-state index contributed by atoms with van der Waals surface area (Å²) in [6.07, 6.45) is 3.60. The van der Waals surface area contributed by atoms with E-state index in [9.17, 15) is 4.79 Å². The van der Waals surface area contributed by atoms with E-state index in [1.54, 1.807) is 0 Å². The van der Waals surface area contributed by atoms with Gasteiger partial charge in [-0.05, 0) is 51.1 Å². The zero-order valence-corrected chi connectivity index (χ0v) is 12.7. The summed E-state index contributed by atoms with van der Waals surface area (Å²) in [4.78, 5) is 16.6. The van der Waals surface area contributed by atoms with E-state index < -0.39 is 0 Å². The molecule has 1 aromatic carbocycles. The third-order valence-electron chi connectivity index (χ3n) is 4.55.